The van der Waals surface area contributed by atoms with Gasteiger partial charge in [0.15, 0.2) is 0 Å². The molecule has 0 bridgehead atoms. The largest absolute Gasteiger partial charge is 0.0625 e. The fraction of sp³-hybridized carbons (Fsp3) is 0.818. The van der Waals surface area contributed by atoms with Crippen LogP contribution in [0.2, 0.25) is 0 Å². The molecule has 0 amide bonds. The van der Waals surface area contributed by atoms with E-state index in [2.05, 4.69) is 100 Å². The molecule has 2 fully saturated rings. The monoisotopic (exact) mass is 456 g/mol. The summed E-state index contributed by atoms with van der Waals surface area (Å²) in [6.07, 6.45) is 11.6. The van der Waals surface area contributed by atoms with Gasteiger partial charge in [-0.25, -0.2) is 0 Å². The van der Waals surface area contributed by atoms with E-state index in [4.69, 9.17) is 0 Å². The Balaban J connectivity index is 0.000000229. The van der Waals surface area contributed by atoms with Crippen LogP contribution in [-0.2, 0) is 12.8 Å². The molecule has 192 valence electrons. The maximum atomic E-state index is 2.33. The Morgan fingerprint density at radius 3 is 1.03 bits per heavy atom. The average Bonchev–Trinajstić information content (AvgIpc) is 3.03. The van der Waals surface area contributed by atoms with Crippen LogP contribution < -0.4 is 0 Å². The van der Waals surface area contributed by atoms with Gasteiger partial charge in [0.1, 0.15) is 0 Å². The third kappa shape index (κ3) is 11.5. The normalized spacial score (nSPS) is 18.5. The van der Waals surface area contributed by atoms with E-state index in [0.717, 1.165) is 41.4 Å². The van der Waals surface area contributed by atoms with Gasteiger partial charge in [-0.05, 0) is 70.8 Å². The molecular formula is C33H60. The van der Waals surface area contributed by atoms with E-state index < -0.39 is 0 Å². The van der Waals surface area contributed by atoms with E-state index in [9.17, 15) is 0 Å². The minimum absolute atomic E-state index is 0.500. The first-order valence-corrected chi connectivity index (χ1v) is 14.4. The fourth-order valence-electron chi connectivity index (χ4n) is 4.28. The summed E-state index contributed by atoms with van der Waals surface area (Å²) in [4.78, 5) is 0. The maximum Gasteiger partial charge on any atom is -0.0242 e. The molecule has 0 N–H and O–H groups in total. The van der Waals surface area contributed by atoms with Gasteiger partial charge in [-0.2, -0.15) is 0 Å². The zero-order valence-corrected chi connectivity index (χ0v) is 24.5. The van der Waals surface area contributed by atoms with Gasteiger partial charge in [0.25, 0.3) is 0 Å². The van der Waals surface area contributed by atoms with Crippen LogP contribution in [0, 0.1) is 46.8 Å². The number of fused-ring (bicyclic) bond motifs is 1. The molecule has 1 aromatic carbocycles. The molecule has 0 nitrogen and oxygen atoms in total. The first kappa shape index (κ1) is 30.3. The van der Waals surface area contributed by atoms with Gasteiger partial charge in [0.2, 0.25) is 0 Å². The molecule has 0 aliphatic heterocycles. The molecular weight excluding hydrogens is 396 g/mol. The second-order valence-electron chi connectivity index (χ2n) is 13.6. The summed E-state index contributed by atoms with van der Waals surface area (Å²) in [6, 6.07) is 8.86. The SMILES string of the molecule is CC(C)C(C)(C)C.CC(C)C1CCC1.CC(C)C1CCC1.CC(C)C1Cc2ccccc2C1. The highest BCUT2D eigenvalue weighted by Crippen LogP contribution is 2.33. The molecule has 4 rings (SSSR count). The van der Waals surface area contributed by atoms with Crippen molar-refractivity contribution in [1.82, 2.24) is 0 Å². The topological polar surface area (TPSA) is 0 Å². The summed E-state index contributed by atoms with van der Waals surface area (Å²) in [7, 11) is 0. The van der Waals surface area contributed by atoms with E-state index in [-0.39, 0.29) is 0 Å². The average molecular weight is 457 g/mol. The van der Waals surface area contributed by atoms with Crippen molar-refractivity contribution >= 4 is 0 Å². The van der Waals surface area contributed by atoms with Crippen LogP contribution in [-0.4, -0.2) is 0 Å². The predicted octanol–water partition coefficient (Wildman–Crippen LogP) is 10.6. The third-order valence-corrected chi connectivity index (χ3v) is 8.94. The van der Waals surface area contributed by atoms with E-state index in [1.54, 1.807) is 11.1 Å². The van der Waals surface area contributed by atoms with Crippen LogP contribution in [0.1, 0.15) is 126 Å². The summed E-state index contributed by atoms with van der Waals surface area (Å²) in [5, 5.41) is 0. The first-order valence-electron chi connectivity index (χ1n) is 14.4. The lowest BCUT2D eigenvalue weighted by Gasteiger charge is -2.28. The quantitative estimate of drug-likeness (QED) is 0.424. The summed E-state index contributed by atoms with van der Waals surface area (Å²) in [6.45, 7) is 25.2. The zero-order chi connectivity index (χ0) is 25.2. The van der Waals surface area contributed by atoms with Gasteiger partial charge in [-0.15, -0.1) is 0 Å². The van der Waals surface area contributed by atoms with Crippen molar-refractivity contribution < 1.29 is 0 Å². The van der Waals surface area contributed by atoms with Crippen LogP contribution in [0.5, 0.6) is 0 Å². The van der Waals surface area contributed by atoms with Crippen molar-refractivity contribution in [1.29, 1.82) is 0 Å². The molecule has 0 unspecified atom stereocenters. The van der Waals surface area contributed by atoms with Crippen LogP contribution in [0.4, 0.5) is 0 Å². The van der Waals surface area contributed by atoms with Crippen molar-refractivity contribution in [3.05, 3.63) is 35.4 Å². The highest BCUT2D eigenvalue weighted by Gasteiger charge is 2.23. The highest BCUT2D eigenvalue weighted by molar-refractivity contribution is 5.32. The Kier molecular flexibility index (Phi) is 13.4. The van der Waals surface area contributed by atoms with Gasteiger partial charge >= 0.3 is 0 Å². The Morgan fingerprint density at radius 2 is 0.879 bits per heavy atom. The highest BCUT2D eigenvalue weighted by atomic mass is 14.3. The molecule has 3 aliphatic carbocycles. The van der Waals surface area contributed by atoms with Crippen LogP contribution in [0.25, 0.3) is 0 Å². The number of rotatable bonds is 3. The molecule has 0 spiro atoms. The van der Waals surface area contributed by atoms with E-state index >= 15 is 0 Å². The molecule has 0 aromatic heterocycles. The maximum absolute atomic E-state index is 2.33. The second-order valence-corrected chi connectivity index (χ2v) is 13.6. The van der Waals surface area contributed by atoms with Crippen molar-refractivity contribution in [3.63, 3.8) is 0 Å². The van der Waals surface area contributed by atoms with Gasteiger partial charge in [-0.3, -0.25) is 0 Å². The predicted molar refractivity (Wildman–Crippen MR) is 151 cm³/mol. The summed E-state index contributed by atoms with van der Waals surface area (Å²) >= 11 is 0. The van der Waals surface area contributed by atoms with Crippen molar-refractivity contribution in [2.45, 2.75) is 128 Å². The molecule has 0 heterocycles. The standard InChI is InChI=1S/C12H16.2C7H14.C7H16/c1-9(2)12-7-10-5-3-4-6-11(10)8-12;2*1-6(2)7-4-3-5-7;1-6(2)7(3,4)5/h3-6,9,12H,7-8H2,1-2H3;2*6-7H,3-5H2,1-2H3;6H,1-5H3. The van der Waals surface area contributed by atoms with Crippen molar-refractivity contribution in [2.75, 3.05) is 0 Å². The zero-order valence-electron chi connectivity index (χ0n) is 24.5. The van der Waals surface area contributed by atoms with Crippen molar-refractivity contribution in [2.24, 2.45) is 46.8 Å². The number of hydrogen-bond donors (Lipinski definition) is 0. The first-order chi connectivity index (χ1) is 15.3. The van der Waals surface area contributed by atoms with E-state index in [1.165, 1.54) is 51.4 Å². The Morgan fingerprint density at radius 1 is 0.576 bits per heavy atom. The minimum atomic E-state index is 0.500. The molecule has 0 heteroatoms. The van der Waals surface area contributed by atoms with Crippen molar-refractivity contribution in [3.8, 4) is 0 Å². The second kappa shape index (κ2) is 14.6. The van der Waals surface area contributed by atoms with Gasteiger partial charge in [0.05, 0.1) is 0 Å². The summed E-state index contributed by atoms with van der Waals surface area (Å²) in [5.41, 5.74) is 3.66. The Bertz CT molecular complexity index is 577. The summed E-state index contributed by atoms with van der Waals surface area (Å²) < 4.78 is 0. The van der Waals surface area contributed by atoms with Gasteiger partial charge < -0.3 is 0 Å². The lowest BCUT2D eigenvalue weighted by Crippen LogP contribution is -2.16. The summed E-state index contributed by atoms with van der Waals surface area (Å²) in [5.74, 6) is 6.59. The molecule has 0 radical (unpaired) electrons. The third-order valence-electron chi connectivity index (χ3n) is 8.94. The van der Waals surface area contributed by atoms with E-state index in [0.29, 0.717) is 5.41 Å². The smallest absolute Gasteiger partial charge is 0.0242 e. The Labute approximate surface area is 209 Å². The van der Waals surface area contributed by atoms with Gasteiger partial charge in [0, 0.05) is 0 Å². The molecule has 3 aliphatic rings. The molecule has 2 saturated carbocycles. The fourth-order valence-corrected chi connectivity index (χ4v) is 4.28. The Hall–Kier alpha value is -0.780. The lowest BCUT2D eigenvalue weighted by atomic mass is 9.78. The molecule has 1 aromatic rings. The molecule has 0 atom stereocenters. The van der Waals surface area contributed by atoms with E-state index in [1.807, 2.05) is 0 Å². The minimum Gasteiger partial charge on any atom is -0.0625 e. The van der Waals surface area contributed by atoms with Gasteiger partial charge in [-0.1, -0.05) is 139 Å². The lowest BCUT2D eigenvalue weighted by molar-refractivity contribution is 0.235. The molecule has 0 saturated heterocycles. The van der Waals surface area contributed by atoms with Crippen LogP contribution >= 0.6 is 0 Å². The molecule has 33 heavy (non-hydrogen) atoms. The number of hydrogen-bond acceptors (Lipinski definition) is 0. The van der Waals surface area contributed by atoms with Crippen LogP contribution in [0.3, 0.4) is 0 Å². The van der Waals surface area contributed by atoms with Crippen LogP contribution in [0.15, 0.2) is 24.3 Å². The number of benzene rings is 1.